The van der Waals surface area contributed by atoms with Crippen molar-refractivity contribution in [1.82, 2.24) is 9.80 Å². The molecule has 2 aliphatic heterocycles. The maximum Gasteiger partial charge on any atom is 0.306 e. The van der Waals surface area contributed by atoms with Crippen molar-refractivity contribution >= 4 is 5.97 Å². The molecule has 4 nitrogen and oxygen atoms in total. The molecule has 0 aromatic heterocycles. The van der Waals surface area contributed by atoms with Gasteiger partial charge in [0.2, 0.25) is 0 Å². The second-order valence-electron chi connectivity index (χ2n) is 5.70. The minimum Gasteiger partial charge on any atom is -0.481 e. The molecular weight excluding hydrogens is 216 g/mol. The van der Waals surface area contributed by atoms with Crippen molar-refractivity contribution < 1.29 is 9.90 Å². The molecule has 0 amide bonds. The number of likely N-dealkylation sites (tertiary alicyclic amines) is 2. The van der Waals surface area contributed by atoms with E-state index in [0.717, 1.165) is 25.9 Å². The molecule has 2 heterocycles. The molecular formula is C13H24N2O2. The minimum absolute atomic E-state index is 0.123. The van der Waals surface area contributed by atoms with Gasteiger partial charge in [0.15, 0.2) is 0 Å². The average molecular weight is 240 g/mol. The van der Waals surface area contributed by atoms with Crippen molar-refractivity contribution in [3.05, 3.63) is 0 Å². The summed E-state index contributed by atoms with van der Waals surface area (Å²) in [5.41, 5.74) is 0. The SMILES string of the molecule is CC1CC(C(=O)O)CCN1C1CCCN(C)C1. The fourth-order valence-corrected chi connectivity index (χ4v) is 3.37. The Morgan fingerprint density at radius 2 is 2.06 bits per heavy atom. The molecule has 3 unspecified atom stereocenters. The van der Waals surface area contributed by atoms with E-state index in [-0.39, 0.29) is 5.92 Å². The molecule has 1 N–H and O–H groups in total. The molecule has 2 fully saturated rings. The third kappa shape index (κ3) is 2.99. The Kier molecular flexibility index (Phi) is 4.05. The first-order valence-corrected chi connectivity index (χ1v) is 6.75. The predicted octanol–water partition coefficient (Wildman–Crippen LogP) is 1.27. The van der Waals surface area contributed by atoms with Gasteiger partial charge in [0.1, 0.15) is 0 Å². The quantitative estimate of drug-likeness (QED) is 0.789. The summed E-state index contributed by atoms with van der Waals surface area (Å²) >= 11 is 0. The molecule has 0 aromatic rings. The zero-order valence-corrected chi connectivity index (χ0v) is 10.9. The van der Waals surface area contributed by atoms with E-state index in [1.165, 1.54) is 19.4 Å². The molecule has 98 valence electrons. The Morgan fingerprint density at radius 3 is 2.65 bits per heavy atom. The number of aliphatic carboxylic acids is 1. The van der Waals surface area contributed by atoms with Gasteiger partial charge in [0.05, 0.1) is 5.92 Å². The van der Waals surface area contributed by atoms with Crippen LogP contribution >= 0.6 is 0 Å². The van der Waals surface area contributed by atoms with Gasteiger partial charge in [0.25, 0.3) is 0 Å². The van der Waals surface area contributed by atoms with Gasteiger partial charge in [-0.05, 0) is 52.7 Å². The van der Waals surface area contributed by atoms with E-state index in [1.807, 2.05) is 0 Å². The number of piperidine rings is 2. The summed E-state index contributed by atoms with van der Waals surface area (Å²) < 4.78 is 0. The maximum atomic E-state index is 11.0. The van der Waals surface area contributed by atoms with Gasteiger partial charge >= 0.3 is 5.97 Å². The van der Waals surface area contributed by atoms with E-state index in [1.54, 1.807) is 0 Å². The Balaban J connectivity index is 1.92. The summed E-state index contributed by atoms with van der Waals surface area (Å²) in [6.07, 6.45) is 4.18. The molecule has 0 aliphatic carbocycles. The topological polar surface area (TPSA) is 43.8 Å². The lowest BCUT2D eigenvalue weighted by atomic mass is 9.89. The molecule has 0 radical (unpaired) electrons. The summed E-state index contributed by atoms with van der Waals surface area (Å²) in [4.78, 5) is 15.9. The van der Waals surface area contributed by atoms with Gasteiger partial charge < -0.3 is 10.0 Å². The third-order valence-corrected chi connectivity index (χ3v) is 4.35. The second-order valence-corrected chi connectivity index (χ2v) is 5.70. The van der Waals surface area contributed by atoms with Crippen LogP contribution in [0.4, 0.5) is 0 Å². The van der Waals surface area contributed by atoms with E-state index in [4.69, 9.17) is 5.11 Å². The molecule has 0 saturated carbocycles. The van der Waals surface area contributed by atoms with Gasteiger partial charge in [0, 0.05) is 18.6 Å². The molecule has 0 aromatic carbocycles. The number of carboxylic acid groups (broad SMARTS) is 1. The Hall–Kier alpha value is -0.610. The monoisotopic (exact) mass is 240 g/mol. The average Bonchev–Trinajstić information content (AvgIpc) is 2.28. The molecule has 0 spiro atoms. The zero-order valence-electron chi connectivity index (χ0n) is 10.9. The first kappa shape index (κ1) is 12.8. The van der Waals surface area contributed by atoms with Gasteiger partial charge in [-0.25, -0.2) is 0 Å². The van der Waals surface area contributed by atoms with Crippen LogP contribution in [0.25, 0.3) is 0 Å². The van der Waals surface area contributed by atoms with Crippen molar-refractivity contribution in [3.8, 4) is 0 Å². The lowest BCUT2D eigenvalue weighted by Crippen LogP contribution is -2.53. The molecule has 2 aliphatic rings. The van der Waals surface area contributed by atoms with Gasteiger partial charge in [-0.3, -0.25) is 9.69 Å². The van der Waals surface area contributed by atoms with Crippen LogP contribution in [0.2, 0.25) is 0 Å². The number of carboxylic acids is 1. The fraction of sp³-hybridized carbons (Fsp3) is 0.923. The predicted molar refractivity (Wildman–Crippen MR) is 67.0 cm³/mol. The first-order valence-electron chi connectivity index (χ1n) is 6.75. The van der Waals surface area contributed by atoms with Gasteiger partial charge in [-0.1, -0.05) is 0 Å². The van der Waals surface area contributed by atoms with Crippen LogP contribution in [-0.2, 0) is 4.79 Å². The summed E-state index contributed by atoms with van der Waals surface area (Å²) in [5.74, 6) is -0.736. The van der Waals surface area contributed by atoms with E-state index in [2.05, 4.69) is 23.8 Å². The van der Waals surface area contributed by atoms with Crippen molar-refractivity contribution in [2.24, 2.45) is 5.92 Å². The fourth-order valence-electron chi connectivity index (χ4n) is 3.37. The van der Waals surface area contributed by atoms with Crippen molar-refractivity contribution in [3.63, 3.8) is 0 Å². The Labute approximate surface area is 104 Å². The molecule has 4 heteroatoms. The highest BCUT2D eigenvalue weighted by molar-refractivity contribution is 5.70. The maximum absolute atomic E-state index is 11.0. The molecule has 2 rings (SSSR count). The third-order valence-electron chi connectivity index (χ3n) is 4.35. The number of rotatable bonds is 2. The summed E-state index contributed by atoms with van der Waals surface area (Å²) in [6, 6.07) is 1.06. The molecule has 0 bridgehead atoms. The Morgan fingerprint density at radius 1 is 1.29 bits per heavy atom. The smallest absolute Gasteiger partial charge is 0.306 e. The van der Waals surface area contributed by atoms with Crippen LogP contribution in [0.3, 0.4) is 0 Å². The van der Waals surface area contributed by atoms with Crippen LogP contribution in [-0.4, -0.2) is 59.6 Å². The lowest BCUT2D eigenvalue weighted by molar-refractivity contribution is -0.144. The van der Waals surface area contributed by atoms with E-state index in [9.17, 15) is 4.79 Å². The van der Waals surface area contributed by atoms with Crippen LogP contribution in [0.15, 0.2) is 0 Å². The highest BCUT2D eigenvalue weighted by Crippen LogP contribution is 2.27. The van der Waals surface area contributed by atoms with E-state index in [0.29, 0.717) is 12.1 Å². The second kappa shape index (κ2) is 5.36. The van der Waals surface area contributed by atoms with Crippen LogP contribution < -0.4 is 0 Å². The molecule has 3 atom stereocenters. The normalized spacial score (nSPS) is 36.9. The largest absolute Gasteiger partial charge is 0.481 e. The minimum atomic E-state index is -0.614. The molecule has 17 heavy (non-hydrogen) atoms. The van der Waals surface area contributed by atoms with Crippen molar-refractivity contribution in [2.75, 3.05) is 26.7 Å². The van der Waals surface area contributed by atoms with E-state index < -0.39 is 5.97 Å². The number of hydrogen-bond donors (Lipinski definition) is 1. The number of hydrogen-bond acceptors (Lipinski definition) is 3. The van der Waals surface area contributed by atoms with Crippen molar-refractivity contribution in [2.45, 2.75) is 44.7 Å². The highest BCUT2D eigenvalue weighted by atomic mass is 16.4. The number of likely N-dealkylation sites (N-methyl/N-ethyl adjacent to an activating group) is 1. The van der Waals surface area contributed by atoms with E-state index >= 15 is 0 Å². The molecule has 2 saturated heterocycles. The Bertz CT molecular complexity index is 283. The first-order chi connectivity index (χ1) is 8.08. The van der Waals surface area contributed by atoms with Crippen LogP contribution in [0, 0.1) is 5.92 Å². The van der Waals surface area contributed by atoms with Crippen LogP contribution in [0.5, 0.6) is 0 Å². The summed E-state index contributed by atoms with van der Waals surface area (Å²) in [7, 11) is 2.18. The standard InChI is InChI=1S/C13H24N2O2/c1-10-8-11(13(16)17)5-7-15(10)12-4-3-6-14(2)9-12/h10-12H,3-9H2,1-2H3,(H,16,17). The zero-order chi connectivity index (χ0) is 12.4. The van der Waals surface area contributed by atoms with Crippen molar-refractivity contribution in [1.29, 1.82) is 0 Å². The lowest BCUT2D eigenvalue weighted by Gasteiger charge is -2.44. The highest BCUT2D eigenvalue weighted by Gasteiger charge is 2.34. The summed E-state index contributed by atoms with van der Waals surface area (Å²) in [5, 5.41) is 9.07. The van der Waals surface area contributed by atoms with Crippen LogP contribution in [0.1, 0.15) is 32.6 Å². The summed E-state index contributed by atoms with van der Waals surface area (Å²) in [6.45, 7) is 5.49. The van der Waals surface area contributed by atoms with Gasteiger partial charge in [-0.15, -0.1) is 0 Å². The number of carbonyl (C=O) groups is 1. The number of nitrogens with zero attached hydrogens (tertiary/aromatic N) is 2. The van der Waals surface area contributed by atoms with Gasteiger partial charge in [-0.2, -0.15) is 0 Å².